The van der Waals surface area contributed by atoms with Crippen LogP contribution in [0.4, 0.5) is 5.69 Å². The molecule has 82 valence electrons. The highest BCUT2D eigenvalue weighted by atomic mass is 79.9. The summed E-state index contributed by atoms with van der Waals surface area (Å²) in [6.45, 7) is 0. The van der Waals surface area contributed by atoms with Crippen LogP contribution < -0.4 is 10.5 Å². The highest BCUT2D eigenvalue weighted by molar-refractivity contribution is 9.10. The molecule has 2 aromatic rings. The maximum Gasteiger partial charge on any atom is 0.322 e. The molecule has 0 bridgehead atoms. The molecule has 0 aliphatic rings. The van der Waals surface area contributed by atoms with Crippen molar-refractivity contribution in [1.82, 2.24) is 9.97 Å². The van der Waals surface area contributed by atoms with Crippen LogP contribution in [-0.2, 0) is 0 Å². The predicted molar refractivity (Wildman–Crippen MR) is 65.7 cm³/mol. The summed E-state index contributed by atoms with van der Waals surface area (Å²) in [6, 6.07) is 5.41. The molecule has 1 aromatic carbocycles. The van der Waals surface area contributed by atoms with E-state index in [1.54, 1.807) is 18.2 Å². The van der Waals surface area contributed by atoms with E-state index in [0.717, 1.165) is 4.47 Å². The van der Waals surface area contributed by atoms with Crippen LogP contribution in [0.25, 0.3) is 0 Å². The van der Waals surface area contributed by atoms with Gasteiger partial charge in [-0.25, -0.2) is 9.97 Å². The number of rotatable bonds is 2. The quantitative estimate of drug-likeness (QED) is 0.924. The number of benzene rings is 1. The summed E-state index contributed by atoms with van der Waals surface area (Å²) in [5, 5.41) is 0.623. The fourth-order valence-corrected chi connectivity index (χ4v) is 1.80. The average Bonchev–Trinajstić information content (AvgIpc) is 2.25. The Balaban J connectivity index is 2.23. The van der Waals surface area contributed by atoms with Gasteiger partial charge in [0, 0.05) is 5.02 Å². The number of nitrogens with zero attached hydrogens (tertiary/aromatic N) is 2. The van der Waals surface area contributed by atoms with Gasteiger partial charge in [-0.05, 0) is 34.1 Å². The van der Waals surface area contributed by atoms with Crippen LogP contribution >= 0.6 is 27.5 Å². The summed E-state index contributed by atoms with van der Waals surface area (Å²) in [5.74, 6) is 0.592. The van der Waals surface area contributed by atoms with E-state index in [0.29, 0.717) is 16.5 Å². The lowest BCUT2D eigenvalue weighted by Gasteiger charge is -2.05. The van der Waals surface area contributed by atoms with E-state index in [2.05, 4.69) is 25.9 Å². The highest BCUT2D eigenvalue weighted by Crippen LogP contribution is 2.30. The normalized spacial score (nSPS) is 10.1. The van der Waals surface area contributed by atoms with E-state index < -0.39 is 0 Å². The Labute approximate surface area is 106 Å². The number of nitrogens with two attached hydrogens (primary N) is 1. The monoisotopic (exact) mass is 299 g/mol. The largest absolute Gasteiger partial charge is 0.423 e. The molecule has 1 aromatic heterocycles. The van der Waals surface area contributed by atoms with Gasteiger partial charge < -0.3 is 10.5 Å². The lowest BCUT2D eigenvalue weighted by atomic mass is 10.3. The zero-order valence-electron chi connectivity index (χ0n) is 8.02. The van der Waals surface area contributed by atoms with Crippen molar-refractivity contribution in [2.24, 2.45) is 0 Å². The number of anilines is 1. The van der Waals surface area contributed by atoms with Crippen LogP contribution in [0.1, 0.15) is 0 Å². The molecule has 0 atom stereocenters. The molecule has 0 aliphatic carbocycles. The topological polar surface area (TPSA) is 61.0 Å². The van der Waals surface area contributed by atoms with Crippen molar-refractivity contribution in [3.05, 3.63) is 40.1 Å². The fraction of sp³-hybridized carbons (Fsp3) is 0. The van der Waals surface area contributed by atoms with Crippen LogP contribution in [0.2, 0.25) is 5.02 Å². The highest BCUT2D eigenvalue weighted by Gasteiger charge is 2.05. The van der Waals surface area contributed by atoms with Gasteiger partial charge in [0.15, 0.2) is 0 Å². The molecular weight excluding hydrogens is 293 g/mol. The second-order valence-corrected chi connectivity index (χ2v) is 4.27. The SMILES string of the molecule is Nc1cnc(Oc2ccc(Cl)cc2Br)nc1. The molecule has 0 saturated carbocycles. The van der Waals surface area contributed by atoms with E-state index >= 15 is 0 Å². The fourth-order valence-electron chi connectivity index (χ4n) is 1.04. The van der Waals surface area contributed by atoms with Crippen LogP contribution in [-0.4, -0.2) is 9.97 Å². The number of halogens is 2. The molecule has 0 radical (unpaired) electrons. The van der Waals surface area contributed by atoms with Crippen molar-refractivity contribution >= 4 is 33.2 Å². The van der Waals surface area contributed by atoms with Gasteiger partial charge in [-0.3, -0.25) is 0 Å². The van der Waals surface area contributed by atoms with Crippen LogP contribution in [0.15, 0.2) is 35.1 Å². The van der Waals surface area contributed by atoms with Crippen LogP contribution in [0.5, 0.6) is 11.8 Å². The van der Waals surface area contributed by atoms with Crippen molar-refractivity contribution in [2.45, 2.75) is 0 Å². The minimum Gasteiger partial charge on any atom is -0.423 e. The maximum absolute atomic E-state index is 5.81. The molecule has 2 rings (SSSR count). The number of hydrogen-bond donors (Lipinski definition) is 1. The zero-order chi connectivity index (χ0) is 11.5. The summed E-state index contributed by atoms with van der Waals surface area (Å²) >= 11 is 9.14. The predicted octanol–water partition coefficient (Wildman–Crippen LogP) is 3.27. The van der Waals surface area contributed by atoms with E-state index in [-0.39, 0.29) is 6.01 Å². The number of ether oxygens (including phenoxy) is 1. The Morgan fingerprint density at radius 2 is 1.94 bits per heavy atom. The van der Waals surface area contributed by atoms with Gasteiger partial charge in [-0.15, -0.1) is 0 Å². The first-order valence-electron chi connectivity index (χ1n) is 4.35. The summed E-state index contributed by atoms with van der Waals surface area (Å²) < 4.78 is 6.17. The third-order valence-corrected chi connectivity index (χ3v) is 2.60. The zero-order valence-corrected chi connectivity index (χ0v) is 10.4. The Morgan fingerprint density at radius 1 is 1.25 bits per heavy atom. The lowest BCUT2D eigenvalue weighted by molar-refractivity contribution is 0.439. The van der Waals surface area contributed by atoms with E-state index in [4.69, 9.17) is 22.1 Å². The third kappa shape index (κ3) is 2.62. The average molecular weight is 301 g/mol. The summed E-state index contributed by atoms with van der Waals surface area (Å²) in [7, 11) is 0. The van der Waals surface area contributed by atoms with Crippen molar-refractivity contribution < 1.29 is 4.74 Å². The van der Waals surface area contributed by atoms with Crippen LogP contribution in [0.3, 0.4) is 0 Å². The van der Waals surface area contributed by atoms with Gasteiger partial charge >= 0.3 is 6.01 Å². The number of aromatic nitrogens is 2. The summed E-state index contributed by atoms with van der Waals surface area (Å²) in [6.07, 6.45) is 2.96. The Bertz CT molecular complexity index is 504. The van der Waals surface area contributed by atoms with Crippen molar-refractivity contribution in [1.29, 1.82) is 0 Å². The van der Waals surface area contributed by atoms with E-state index in [9.17, 15) is 0 Å². The summed E-state index contributed by atoms with van der Waals surface area (Å²) in [5.41, 5.74) is 5.95. The van der Waals surface area contributed by atoms with Crippen molar-refractivity contribution in [3.63, 3.8) is 0 Å². The lowest BCUT2D eigenvalue weighted by Crippen LogP contribution is -1.94. The third-order valence-electron chi connectivity index (χ3n) is 1.74. The van der Waals surface area contributed by atoms with Gasteiger partial charge in [-0.1, -0.05) is 11.6 Å². The molecule has 6 heteroatoms. The Hall–Kier alpha value is -1.33. The Morgan fingerprint density at radius 3 is 2.56 bits per heavy atom. The molecule has 0 saturated heterocycles. The van der Waals surface area contributed by atoms with Gasteiger partial charge in [0.05, 0.1) is 22.6 Å². The first-order valence-corrected chi connectivity index (χ1v) is 5.52. The molecule has 2 N–H and O–H groups in total. The van der Waals surface area contributed by atoms with E-state index in [1.165, 1.54) is 12.4 Å². The van der Waals surface area contributed by atoms with Gasteiger partial charge in [-0.2, -0.15) is 0 Å². The first kappa shape index (κ1) is 11.2. The van der Waals surface area contributed by atoms with Crippen LogP contribution in [0, 0.1) is 0 Å². The van der Waals surface area contributed by atoms with E-state index in [1.807, 2.05) is 0 Å². The Kier molecular flexibility index (Phi) is 3.26. The molecule has 0 amide bonds. The molecule has 0 spiro atoms. The number of nitrogen functional groups attached to an aromatic ring is 1. The van der Waals surface area contributed by atoms with Gasteiger partial charge in [0.1, 0.15) is 5.75 Å². The van der Waals surface area contributed by atoms with Gasteiger partial charge in [0.25, 0.3) is 0 Å². The molecule has 1 heterocycles. The smallest absolute Gasteiger partial charge is 0.322 e. The molecule has 16 heavy (non-hydrogen) atoms. The second kappa shape index (κ2) is 4.67. The van der Waals surface area contributed by atoms with Crippen molar-refractivity contribution in [3.8, 4) is 11.8 Å². The van der Waals surface area contributed by atoms with Gasteiger partial charge in [0.2, 0.25) is 0 Å². The second-order valence-electron chi connectivity index (χ2n) is 2.98. The molecule has 4 nitrogen and oxygen atoms in total. The summed E-state index contributed by atoms with van der Waals surface area (Å²) in [4.78, 5) is 7.85. The number of hydrogen-bond acceptors (Lipinski definition) is 4. The minimum absolute atomic E-state index is 0.234. The standard InChI is InChI=1S/C10H7BrClN3O/c11-8-3-6(12)1-2-9(8)16-10-14-4-7(13)5-15-10/h1-5H,13H2. The maximum atomic E-state index is 5.81. The molecule has 0 aliphatic heterocycles. The molecular formula is C10H7BrClN3O. The molecule has 0 unspecified atom stereocenters. The first-order chi connectivity index (χ1) is 7.65. The van der Waals surface area contributed by atoms with Crippen molar-refractivity contribution in [2.75, 3.05) is 5.73 Å². The molecule has 0 fully saturated rings. The minimum atomic E-state index is 0.234.